The number of carbonyl (C=O) groups is 2. The van der Waals surface area contributed by atoms with Crippen LogP contribution in [0.5, 0.6) is 0 Å². The van der Waals surface area contributed by atoms with Crippen molar-refractivity contribution in [1.29, 1.82) is 0 Å². The van der Waals surface area contributed by atoms with Crippen molar-refractivity contribution >= 4 is 35.3 Å². The van der Waals surface area contributed by atoms with Crippen LogP contribution < -0.4 is 15.4 Å². The Kier molecular flexibility index (Phi) is 8.30. The third kappa shape index (κ3) is 5.31. The van der Waals surface area contributed by atoms with Gasteiger partial charge in [0.25, 0.3) is 5.56 Å². The SMILES string of the molecule is C=Cc1ccn(CCN(Cc2ccc3c(c2)N(C)C(=O)C(C)(C)C(=O)N3CC)Cc2ccoc2C)c(=O)c1C=C. The lowest BCUT2D eigenvalue weighted by Crippen LogP contribution is -2.47. The highest BCUT2D eigenvalue weighted by Crippen LogP contribution is 2.39. The number of amides is 2. The topological polar surface area (TPSA) is 79.0 Å². The van der Waals surface area contributed by atoms with E-state index in [1.54, 1.807) is 59.9 Å². The maximum Gasteiger partial charge on any atom is 0.258 e. The number of nitrogens with zero attached hydrogens (tertiary/aromatic N) is 4. The molecular weight excluding hydrogens is 504 g/mol. The molecular formula is C32H38N4O4. The van der Waals surface area contributed by atoms with Crippen LogP contribution in [0.2, 0.25) is 0 Å². The van der Waals surface area contributed by atoms with E-state index in [1.165, 1.54) is 0 Å². The average molecular weight is 543 g/mol. The molecule has 0 spiro atoms. The first kappa shape index (κ1) is 28.8. The summed E-state index contributed by atoms with van der Waals surface area (Å²) in [5.41, 5.74) is 3.50. The first-order valence-corrected chi connectivity index (χ1v) is 13.5. The van der Waals surface area contributed by atoms with Crippen LogP contribution >= 0.6 is 0 Å². The normalized spacial score (nSPS) is 14.8. The average Bonchev–Trinajstić information content (AvgIpc) is 3.33. The van der Waals surface area contributed by atoms with Crippen LogP contribution in [0.1, 0.15) is 48.8 Å². The van der Waals surface area contributed by atoms with Crippen LogP contribution in [0, 0.1) is 12.3 Å². The summed E-state index contributed by atoms with van der Waals surface area (Å²) < 4.78 is 7.23. The molecule has 0 saturated carbocycles. The number of rotatable bonds is 10. The fourth-order valence-corrected chi connectivity index (χ4v) is 5.25. The molecule has 4 rings (SSSR count). The third-order valence-corrected chi connectivity index (χ3v) is 7.71. The number of pyridine rings is 1. The van der Waals surface area contributed by atoms with Gasteiger partial charge in [0.2, 0.25) is 11.8 Å². The second-order valence-corrected chi connectivity index (χ2v) is 10.7. The van der Waals surface area contributed by atoms with E-state index >= 15 is 0 Å². The summed E-state index contributed by atoms with van der Waals surface area (Å²) in [5, 5.41) is 0. The van der Waals surface area contributed by atoms with Crippen molar-refractivity contribution in [3.8, 4) is 0 Å². The standard InChI is InChI=1S/C32H38N4O4/c1-8-24-13-15-35(29(37)26(24)9-2)17-16-34(21-25-14-18-40-22(25)4)20-23-11-12-27-28(19-23)33(7)30(38)32(5,6)31(39)36(27)10-3/h8-9,11-15,18-19H,1-2,10,16-17,20-21H2,3-7H3. The summed E-state index contributed by atoms with van der Waals surface area (Å²) in [4.78, 5) is 45.1. The molecule has 8 heteroatoms. The number of benzene rings is 1. The third-order valence-electron chi connectivity index (χ3n) is 7.71. The number of carbonyl (C=O) groups excluding carboxylic acids is 2. The van der Waals surface area contributed by atoms with Gasteiger partial charge in [0.1, 0.15) is 11.2 Å². The molecule has 2 amide bonds. The largest absolute Gasteiger partial charge is 0.469 e. The van der Waals surface area contributed by atoms with Gasteiger partial charge in [-0.15, -0.1) is 0 Å². The van der Waals surface area contributed by atoms with Gasteiger partial charge in [0, 0.05) is 57.1 Å². The van der Waals surface area contributed by atoms with E-state index in [0.29, 0.717) is 44.0 Å². The second kappa shape index (κ2) is 11.5. The predicted molar refractivity (Wildman–Crippen MR) is 160 cm³/mol. The molecule has 1 aliphatic heterocycles. The van der Waals surface area contributed by atoms with E-state index in [2.05, 4.69) is 18.1 Å². The highest BCUT2D eigenvalue weighted by atomic mass is 16.3. The molecule has 2 aromatic heterocycles. The molecule has 0 atom stereocenters. The maximum absolute atomic E-state index is 13.3. The number of furan rings is 1. The predicted octanol–water partition coefficient (Wildman–Crippen LogP) is 5.09. The fraction of sp³-hybridized carbons (Fsp3) is 0.344. The molecule has 0 unspecified atom stereocenters. The van der Waals surface area contributed by atoms with Gasteiger partial charge >= 0.3 is 0 Å². The Morgan fingerprint density at radius 3 is 2.38 bits per heavy atom. The van der Waals surface area contributed by atoms with Crippen LogP contribution in [0.3, 0.4) is 0 Å². The Hall–Kier alpha value is -4.17. The van der Waals surface area contributed by atoms with E-state index in [-0.39, 0.29) is 17.4 Å². The molecule has 3 aromatic rings. The molecule has 210 valence electrons. The fourth-order valence-electron chi connectivity index (χ4n) is 5.25. The molecule has 1 aliphatic rings. The minimum Gasteiger partial charge on any atom is -0.469 e. The number of hydrogen-bond donors (Lipinski definition) is 0. The van der Waals surface area contributed by atoms with Crippen molar-refractivity contribution in [3.05, 3.63) is 94.3 Å². The molecule has 0 bridgehead atoms. The number of anilines is 2. The van der Waals surface area contributed by atoms with Crippen LogP contribution in [0.25, 0.3) is 12.2 Å². The van der Waals surface area contributed by atoms with Gasteiger partial charge in [-0.3, -0.25) is 19.3 Å². The quantitative estimate of drug-likeness (QED) is 0.334. The first-order chi connectivity index (χ1) is 19.0. The molecule has 40 heavy (non-hydrogen) atoms. The van der Waals surface area contributed by atoms with Gasteiger partial charge in [-0.25, -0.2) is 0 Å². The smallest absolute Gasteiger partial charge is 0.258 e. The summed E-state index contributed by atoms with van der Waals surface area (Å²) in [6, 6.07) is 9.74. The molecule has 1 aromatic carbocycles. The highest BCUT2D eigenvalue weighted by molar-refractivity contribution is 6.19. The van der Waals surface area contributed by atoms with Gasteiger partial charge in [-0.1, -0.05) is 31.4 Å². The Morgan fingerprint density at radius 2 is 1.75 bits per heavy atom. The number of aromatic nitrogens is 1. The zero-order chi connectivity index (χ0) is 29.2. The molecule has 3 heterocycles. The second-order valence-electron chi connectivity index (χ2n) is 10.7. The van der Waals surface area contributed by atoms with E-state index in [0.717, 1.165) is 28.1 Å². The van der Waals surface area contributed by atoms with Crippen molar-refractivity contribution in [2.24, 2.45) is 5.41 Å². The Labute approximate surface area is 235 Å². The summed E-state index contributed by atoms with van der Waals surface area (Å²) in [5.74, 6) is 0.401. The Balaban J connectivity index is 1.66. The molecule has 0 radical (unpaired) electrons. The molecule has 8 nitrogen and oxygen atoms in total. The van der Waals surface area contributed by atoms with Crippen molar-refractivity contribution in [3.63, 3.8) is 0 Å². The summed E-state index contributed by atoms with van der Waals surface area (Å²) >= 11 is 0. The first-order valence-electron chi connectivity index (χ1n) is 13.5. The summed E-state index contributed by atoms with van der Waals surface area (Å²) in [6.07, 6.45) is 6.69. The van der Waals surface area contributed by atoms with Crippen molar-refractivity contribution in [2.75, 3.05) is 29.9 Å². The molecule has 0 saturated heterocycles. The summed E-state index contributed by atoms with van der Waals surface area (Å²) in [6.45, 7) is 17.5. The lowest BCUT2D eigenvalue weighted by Gasteiger charge is -2.27. The zero-order valence-corrected chi connectivity index (χ0v) is 24.1. The summed E-state index contributed by atoms with van der Waals surface area (Å²) in [7, 11) is 1.72. The van der Waals surface area contributed by atoms with Crippen LogP contribution in [0.4, 0.5) is 11.4 Å². The number of hydrogen-bond acceptors (Lipinski definition) is 5. The zero-order valence-electron chi connectivity index (χ0n) is 24.1. The number of aryl methyl sites for hydroxylation is 1. The molecule has 0 aliphatic carbocycles. The maximum atomic E-state index is 13.3. The Morgan fingerprint density at radius 1 is 1.00 bits per heavy atom. The molecule has 0 N–H and O–H groups in total. The van der Waals surface area contributed by atoms with E-state index < -0.39 is 5.41 Å². The monoisotopic (exact) mass is 542 g/mol. The van der Waals surface area contributed by atoms with Crippen LogP contribution in [0.15, 0.2) is 65.2 Å². The highest BCUT2D eigenvalue weighted by Gasteiger charge is 2.45. The van der Waals surface area contributed by atoms with Gasteiger partial charge in [-0.2, -0.15) is 0 Å². The van der Waals surface area contributed by atoms with Crippen LogP contribution in [-0.2, 0) is 29.2 Å². The van der Waals surface area contributed by atoms with Gasteiger partial charge in [-0.05, 0) is 63.1 Å². The Bertz CT molecular complexity index is 1510. The lowest BCUT2D eigenvalue weighted by molar-refractivity contribution is -0.137. The van der Waals surface area contributed by atoms with Gasteiger partial charge in [0.05, 0.1) is 17.6 Å². The lowest BCUT2D eigenvalue weighted by atomic mass is 9.90. The minimum absolute atomic E-state index is 0.107. The van der Waals surface area contributed by atoms with Crippen LogP contribution in [-0.4, -0.2) is 41.4 Å². The van der Waals surface area contributed by atoms with Gasteiger partial charge in [0.15, 0.2) is 0 Å². The van der Waals surface area contributed by atoms with Crippen molar-refractivity contribution < 1.29 is 14.0 Å². The van der Waals surface area contributed by atoms with Crippen molar-refractivity contribution in [1.82, 2.24) is 9.47 Å². The van der Waals surface area contributed by atoms with E-state index in [4.69, 9.17) is 4.42 Å². The number of fused-ring (bicyclic) bond motifs is 1. The van der Waals surface area contributed by atoms with E-state index in [1.807, 2.05) is 44.2 Å². The minimum atomic E-state index is -1.16. The van der Waals surface area contributed by atoms with E-state index in [9.17, 15) is 14.4 Å². The molecule has 0 fully saturated rings. The van der Waals surface area contributed by atoms with Gasteiger partial charge < -0.3 is 18.8 Å². The van der Waals surface area contributed by atoms with Crippen molar-refractivity contribution in [2.45, 2.75) is 47.3 Å².